The van der Waals surface area contributed by atoms with Crippen molar-refractivity contribution < 1.29 is 18.3 Å². The summed E-state index contributed by atoms with van der Waals surface area (Å²) in [6.07, 6.45) is 3.40. The number of nitrogens with zero attached hydrogens (tertiary/aromatic N) is 2. The zero-order valence-corrected chi connectivity index (χ0v) is 16.9. The zero-order chi connectivity index (χ0) is 18.4. The third-order valence-electron chi connectivity index (χ3n) is 3.88. The lowest BCUT2D eigenvalue weighted by Gasteiger charge is -2.22. The van der Waals surface area contributed by atoms with Crippen LogP contribution in [0.1, 0.15) is 18.4 Å². The number of nitrogens with one attached hydrogen (secondary N) is 1. The minimum absolute atomic E-state index is 0. The van der Waals surface area contributed by atoms with Crippen molar-refractivity contribution in [3.05, 3.63) is 53.7 Å². The van der Waals surface area contributed by atoms with E-state index in [1.165, 1.54) is 0 Å². The van der Waals surface area contributed by atoms with Gasteiger partial charge in [-0.1, -0.05) is 0 Å². The Bertz CT molecular complexity index is 786. The van der Waals surface area contributed by atoms with E-state index in [-0.39, 0.29) is 48.3 Å². The summed E-state index contributed by atoms with van der Waals surface area (Å²) >= 11 is 0. The summed E-state index contributed by atoms with van der Waals surface area (Å²) in [5, 5.41) is 2.55. The number of halogens is 3. The Labute approximate surface area is 173 Å². The predicted octanol–water partition coefficient (Wildman–Crippen LogP) is 3.46. The Hall–Kier alpha value is -2.01. The van der Waals surface area contributed by atoms with Crippen LogP contribution < -0.4 is 15.8 Å². The molecule has 0 radical (unpaired) electrons. The van der Waals surface area contributed by atoms with Crippen molar-refractivity contribution >= 4 is 35.6 Å². The highest BCUT2D eigenvalue weighted by Gasteiger charge is 2.15. The van der Waals surface area contributed by atoms with Gasteiger partial charge in [0.2, 0.25) is 5.88 Å². The van der Waals surface area contributed by atoms with Crippen molar-refractivity contribution in [1.82, 2.24) is 4.98 Å². The van der Waals surface area contributed by atoms with Crippen molar-refractivity contribution in [3.8, 4) is 5.88 Å². The van der Waals surface area contributed by atoms with E-state index in [4.69, 9.17) is 15.2 Å². The predicted molar refractivity (Wildman–Crippen MR) is 109 cm³/mol. The monoisotopic (exact) mass is 490 g/mol. The van der Waals surface area contributed by atoms with Crippen LogP contribution in [0.25, 0.3) is 0 Å². The number of anilines is 1. The standard InChI is InChI=1S/C18H20F2N4O2.HI/c19-13-1-2-15(20)16(10-13)24-18(21)23-11-12-3-6-22-17(9-12)26-14-4-7-25-8-5-14;/h1-3,6,9-10,14H,4-5,7-8,11H2,(H3,21,23,24);1H. The molecule has 0 amide bonds. The van der Waals surface area contributed by atoms with E-state index >= 15 is 0 Å². The number of aliphatic imine (C=N–C) groups is 1. The number of hydrogen-bond acceptors (Lipinski definition) is 4. The van der Waals surface area contributed by atoms with Gasteiger partial charge < -0.3 is 20.5 Å². The van der Waals surface area contributed by atoms with Gasteiger partial charge in [-0.2, -0.15) is 0 Å². The number of benzene rings is 1. The average molecular weight is 490 g/mol. The topological polar surface area (TPSA) is 81.8 Å². The maximum Gasteiger partial charge on any atom is 0.213 e. The number of nitrogens with two attached hydrogens (primary N) is 1. The summed E-state index contributed by atoms with van der Waals surface area (Å²) in [6.45, 7) is 1.63. The molecule has 0 saturated carbocycles. The Morgan fingerprint density at radius 2 is 2.04 bits per heavy atom. The van der Waals surface area contributed by atoms with Crippen molar-refractivity contribution in [2.24, 2.45) is 10.7 Å². The van der Waals surface area contributed by atoms with Gasteiger partial charge >= 0.3 is 0 Å². The molecule has 2 aromatic rings. The van der Waals surface area contributed by atoms with Gasteiger partial charge in [0.05, 0.1) is 25.4 Å². The fourth-order valence-electron chi connectivity index (χ4n) is 2.53. The minimum atomic E-state index is -0.611. The van der Waals surface area contributed by atoms with Crippen molar-refractivity contribution in [2.75, 3.05) is 18.5 Å². The summed E-state index contributed by atoms with van der Waals surface area (Å²) < 4.78 is 37.9. The Balaban J connectivity index is 0.00000261. The van der Waals surface area contributed by atoms with Gasteiger partial charge in [0.25, 0.3) is 0 Å². The average Bonchev–Trinajstić information content (AvgIpc) is 2.64. The normalized spacial score (nSPS) is 15.1. The van der Waals surface area contributed by atoms with E-state index in [1.54, 1.807) is 18.3 Å². The molecule has 146 valence electrons. The van der Waals surface area contributed by atoms with Crippen LogP contribution in [0.15, 0.2) is 41.5 Å². The zero-order valence-electron chi connectivity index (χ0n) is 14.5. The van der Waals surface area contributed by atoms with Crippen LogP contribution >= 0.6 is 24.0 Å². The molecule has 0 unspecified atom stereocenters. The minimum Gasteiger partial charge on any atom is -0.474 e. The largest absolute Gasteiger partial charge is 0.474 e. The molecule has 9 heteroatoms. The number of hydrogen-bond donors (Lipinski definition) is 2. The number of aromatic nitrogens is 1. The first kappa shape index (κ1) is 21.3. The van der Waals surface area contributed by atoms with Crippen LogP contribution in [0.3, 0.4) is 0 Å². The molecule has 1 aromatic heterocycles. The number of ether oxygens (including phenoxy) is 2. The highest BCUT2D eigenvalue weighted by Crippen LogP contribution is 2.18. The van der Waals surface area contributed by atoms with Gasteiger partial charge in [0.15, 0.2) is 5.96 Å². The van der Waals surface area contributed by atoms with Gasteiger partial charge in [0.1, 0.15) is 17.7 Å². The maximum absolute atomic E-state index is 13.6. The molecular formula is C18H21F2IN4O2. The first-order valence-electron chi connectivity index (χ1n) is 8.31. The van der Waals surface area contributed by atoms with Crippen LogP contribution in [0.5, 0.6) is 5.88 Å². The lowest BCUT2D eigenvalue weighted by atomic mass is 10.1. The highest BCUT2D eigenvalue weighted by molar-refractivity contribution is 14.0. The van der Waals surface area contributed by atoms with E-state index in [0.29, 0.717) is 19.1 Å². The maximum atomic E-state index is 13.6. The number of guanidine groups is 1. The first-order chi connectivity index (χ1) is 12.6. The fraction of sp³-hybridized carbons (Fsp3) is 0.333. The number of pyridine rings is 1. The molecule has 27 heavy (non-hydrogen) atoms. The van der Waals surface area contributed by atoms with Crippen LogP contribution in [0.2, 0.25) is 0 Å². The molecule has 6 nitrogen and oxygen atoms in total. The van der Waals surface area contributed by atoms with Gasteiger partial charge in [-0.25, -0.2) is 18.8 Å². The highest BCUT2D eigenvalue weighted by atomic mass is 127. The molecule has 3 rings (SSSR count). The number of rotatable bonds is 5. The molecule has 0 bridgehead atoms. The molecule has 1 fully saturated rings. The van der Waals surface area contributed by atoms with Crippen LogP contribution in [0.4, 0.5) is 14.5 Å². The van der Waals surface area contributed by atoms with Crippen LogP contribution in [-0.2, 0) is 11.3 Å². The Morgan fingerprint density at radius 3 is 2.81 bits per heavy atom. The van der Waals surface area contributed by atoms with E-state index in [9.17, 15) is 8.78 Å². The molecule has 2 heterocycles. The summed E-state index contributed by atoms with van der Waals surface area (Å²) in [6, 6.07) is 6.65. The van der Waals surface area contributed by atoms with Crippen LogP contribution in [0, 0.1) is 11.6 Å². The smallest absolute Gasteiger partial charge is 0.213 e. The lowest BCUT2D eigenvalue weighted by molar-refractivity contribution is 0.0237. The molecule has 1 aliphatic heterocycles. The van der Waals surface area contributed by atoms with E-state index in [1.807, 2.05) is 0 Å². The van der Waals surface area contributed by atoms with Gasteiger partial charge in [-0.15, -0.1) is 24.0 Å². The summed E-state index contributed by atoms with van der Waals surface area (Å²) in [5.74, 6) is -0.670. The van der Waals surface area contributed by atoms with Crippen molar-refractivity contribution in [3.63, 3.8) is 0 Å². The van der Waals surface area contributed by atoms with Gasteiger partial charge in [-0.05, 0) is 23.8 Å². The van der Waals surface area contributed by atoms with E-state index < -0.39 is 11.6 Å². The van der Waals surface area contributed by atoms with E-state index in [2.05, 4.69) is 15.3 Å². The second-order valence-electron chi connectivity index (χ2n) is 5.88. The SMILES string of the molecule is I.NC(=NCc1ccnc(OC2CCOCC2)c1)Nc1cc(F)ccc1F. The second kappa shape index (κ2) is 10.4. The van der Waals surface area contributed by atoms with Crippen molar-refractivity contribution in [2.45, 2.75) is 25.5 Å². The molecule has 3 N–H and O–H groups in total. The molecule has 0 spiro atoms. The molecule has 0 atom stereocenters. The first-order valence-corrected chi connectivity index (χ1v) is 8.31. The van der Waals surface area contributed by atoms with E-state index in [0.717, 1.165) is 36.6 Å². The third-order valence-corrected chi connectivity index (χ3v) is 3.88. The van der Waals surface area contributed by atoms with Gasteiger partial charge in [-0.3, -0.25) is 0 Å². The third kappa shape index (κ3) is 6.58. The Morgan fingerprint density at radius 1 is 1.26 bits per heavy atom. The second-order valence-corrected chi connectivity index (χ2v) is 5.88. The van der Waals surface area contributed by atoms with Gasteiger partial charge in [0, 0.05) is 31.2 Å². The summed E-state index contributed by atoms with van der Waals surface area (Å²) in [5.41, 5.74) is 6.52. The molecule has 1 aromatic carbocycles. The Kier molecular flexibility index (Phi) is 8.17. The summed E-state index contributed by atoms with van der Waals surface area (Å²) in [4.78, 5) is 8.34. The lowest BCUT2D eigenvalue weighted by Crippen LogP contribution is -2.26. The van der Waals surface area contributed by atoms with Crippen molar-refractivity contribution in [1.29, 1.82) is 0 Å². The molecule has 1 aliphatic rings. The molecule has 1 saturated heterocycles. The quantitative estimate of drug-likeness (QED) is 0.381. The molecule has 0 aliphatic carbocycles. The fourth-order valence-corrected chi connectivity index (χ4v) is 2.53. The summed E-state index contributed by atoms with van der Waals surface area (Å²) in [7, 11) is 0. The molecular weight excluding hydrogens is 469 g/mol. The van der Waals surface area contributed by atoms with Crippen LogP contribution in [-0.4, -0.2) is 30.3 Å².